The molecule has 0 unspecified atom stereocenters. The molecule has 3 rings (SSSR count). The van der Waals surface area contributed by atoms with E-state index in [1.165, 1.54) is 24.5 Å². The molecule has 140 valence electrons. The number of anilines is 1. The van der Waals surface area contributed by atoms with E-state index in [1.807, 2.05) is 0 Å². The molecule has 0 saturated carbocycles. The third-order valence-corrected chi connectivity index (χ3v) is 4.14. The number of hydrogen-bond acceptors (Lipinski definition) is 7. The molecule has 0 bridgehead atoms. The summed E-state index contributed by atoms with van der Waals surface area (Å²) in [6.07, 6.45) is 1.24. The highest BCUT2D eigenvalue weighted by Gasteiger charge is 2.12. The lowest BCUT2D eigenvalue weighted by atomic mass is 10.3. The van der Waals surface area contributed by atoms with Crippen LogP contribution in [0.25, 0.3) is 11.5 Å². The largest absolute Gasteiger partial charge is 0.458 e. The van der Waals surface area contributed by atoms with Crippen molar-refractivity contribution in [3.8, 4) is 11.5 Å². The number of aromatic amines is 1. The molecule has 3 aromatic rings. The molecule has 0 spiro atoms. The zero-order chi connectivity index (χ0) is 19.4. The number of hydrogen-bond donors (Lipinski definition) is 3. The predicted molar refractivity (Wildman–Crippen MR) is 97.3 cm³/mol. The van der Waals surface area contributed by atoms with Crippen molar-refractivity contribution in [3.63, 3.8) is 0 Å². The van der Waals surface area contributed by atoms with E-state index in [4.69, 9.17) is 4.42 Å². The molecule has 0 aliphatic carbocycles. The molecule has 0 aliphatic heterocycles. The Morgan fingerprint density at radius 2 is 2.11 bits per heavy atom. The molecule has 3 N–H and O–H groups in total. The minimum absolute atomic E-state index is 0.159. The number of nitrogens with one attached hydrogen (secondary N) is 3. The van der Waals surface area contributed by atoms with E-state index < -0.39 is 17.2 Å². The third-order valence-electron chi connectivity index (χ3n) is 3.39. The molecule has 10 nitrogen and oxygen atoms in total. The fourth-order valence-electron chi connectivity index (χ4n) is 2.15. The van der Waals surface area contributed by atoms with Gasteiger partial charge in [-0.2, -0.15) is 0 Å². The van der Waals surface area contributed by atoms with Gasteiger partial charge in [0.1, 0.15) is 18.0 Å². The molecule has 0 radical (unpaired) electrons. The Kier molecular flexibility index (Phi) is 5.31. The molecule has 0 atom stereocenters. The molecule has 0 aromatic carbocycles. The SMILES string of the molecule is CC(=O)NCc1ccc(-c2csc(NC(=O)Cn3ccc(=O)[nH]c3=O)n2)o1. The van der Waals surface area contributed by atoms with Crippen molar-refractivity contribution in [2.24, 2.45) is 0 Å². The van der Waals surface area contributed by atoms with Gasteiger partial charge in [0.2, 0.25) is 11.8 Å². The number of aromatic nitrogens is 3. The molecule has 11 heteroatoms. The lowest BCUT2D eigenvalue weighted by Crippen LogP contribution is -2.32. The monoisotopic (exact) mass is 389 g/mol. The first kappa shape index (κ1) is 18.3. The van der Waals surface area contributed by atoms with Crippen LogP contribution in [0.1, 0.15) is 12.7 Å². The summed E-state index contributed by atoms with van der Waals surface area (Å²) < 4.78 is 6.67. The third kappa shape index (κ3) is 4.79. The van der Waals surface area contributed by atoms with Crippen LogP contribution in [-0.4, -0.2) is 26.3 Å². The van der Waals surface area contributed by atoms with Crippen LogP contribution in [0, 0.1) is 0 Å². The highest BCUT2D eigenvalue weighted by molar-refractivity contribution is 7.14. The fraction of sp³-hybridized carbons (Fsp3) is 0.188. The van der Waals surface area contributed by atoms with Crippen LogP contribution in [-0.2, 0) is 22.7 Å². The molecule has 3 heterocycles. The Morgan fingerprint density at radius 1 is 1.30 bits per heavy atom. The summed E-state index contributed by atoms with van der Waals surface area (Å²) in [5.41, 5.74) is -0.664. The number of carbonyl (C=O) groups excluding carboxylic acids is 2. The molecular formula is C16H15N5O5S. The Morgan fingerprint density at radius 3 is 2.85 bits per heavy atom. The Labute approximate surface area is 155 Å². The van der Waals surface area contributed by atoms with Gasteiger partial charge in [-0.3, -0.25) is 23.9 Å². The van der Waals surface area contributed by atoms with Gasteiger partial charge in [0.05, 0.1) is 6.54 Å². The number of nitrogens with zero attached hydrogens (tertiary/aromatic N) is 2. The summed E-state index contributed by atoms with van der Waals surface area (Å²) >= 11 is 1.20. The summed E-state index contributed by atoms with van der Waals surface area (Å²) in [4.78, 5) is 51.9. The van der Waals surface area contributed by atoms with Crippen molar-refractivity contribution in [1.29, 1.82) is 0 Å². The van der Waals surface area contributed by atoms with Crippen molar-refractivity contribution in [2.45, 2.75) is 20.0 Å². The topological polar surface area (TPSA) is 139 Å². The van der Waals surface area contributed by atoms with E-state index in [9.17, 15) is 19.2 Å². The minimum Gasteiger partial charge on any atom is -0.458 e. The smallest absolute Gasteiger partial charge is 0.328 e. The molecule has 3 aromatic heterocycles. The van der Waals surface area contributed by atoms with Gasteiger partial charge in [0.25, 0.3) is 5.56 Å². The quantitative estimate of drug-likeness (QED) is 0.562. The van der Waals surface area contributed by atoms with Crippen LogP contribution in [0.3, 0.4) is 0 Å². The standard InChI is InChI=1S/C16H15N5O5S/c1-9(22)17-6-10-2-3-12(26-10)11-8-27-15(18-11)19-14(24)7-21-5-4-13(23)20-16(21)25/h2-5,8H,6-7H2,1H3,(H,17,22)(H,18,19,24)(H,20,23,25). The first-order valence-corrected chi connectivity index (χ1v) is 8.67. The van der Waals surface area contributed by atoms with Crippen LogP contribution < -0.4 is 21.9 Å². The van der Waals surface area contributed by atoms with Gasteiger partial charge in [-0.05, 0) is 12.1 Å². The molecule has 0 fully saturated rings. The van der Waals surface area contributed by atoms with Crippen molar-refractivity contribution < 1.29 is 14.0 Å². The average Bonchev–Trinajstić information content (AvgIpc) is 3.24. The molecular weight excluding hydrogens is 374 g/mol. The van der Waals surface area contributed by atoms with E-state index in [0.29, 0.717) is 22.3 Å². The normalized spacial score (nSPS) is 10.6. The lowest BCUT2D eigenvalue weighted by molar-refractivity contribution is -0.119. The fourth-order valence-corrected chi connectivity index (χ4v) is 2.86. The van der Waals surface area contributed by atoms with Crippen LogP contribution in [0.2, 0.25) is 0 Å². The first-order chi connectivity index (χ1) is 12.9. The second kappa shape index (κ2) is 7.83. The highest BCUT2D eigenvalue weighted by atomic mass is 32.1. The van der Waals surface area contributed by atoms with Crippen LogP contribution >= 0.6 is 11.3 Å². The summed E-state index contributed by atoms with van der Waals surface area (Å²) in [6.45, 7) is 1.43. The number of thiazole rings is 1. The number of H-pyrrole nitrogens is 1. The molecule has 2 amide bonds. The van der Waals surface area contributed by atoms with Crippen molar-refractivity contribution in [3.05, 3.63) is 56.4 Å². The van der Waals surface area contributed by atoms with Gasteiger partial charge < -0.3 is 15.1 Å². The number of carbonyl (C=O) groups is 2. The second-order valence-corrected chi connectivity index (χ2v) is 6.36. The van der Waals surface area contributed by atoms with Gasteiger partial charge in [-0.1, -0.05) is 0 Å². The zero-order valence-corrected chi connectivity index (χ0v) is 15.0. The van der Waals surface area contributed by atoms with Crippen molar-refractivity contribution >= 4 is 28.3 Å². The Hall–Kier alpha value is -3.47. The Bertz CT molecular complexity index is 1090. The van der Waals surface area contributed by atoms with Crippen LogP contribution in [0.4, 0.5) is 5.13 Å². The maximum Gasteiger partial charge on any atom is 0.328 e. The van der Waals surface area contributed by atoms with Gasteiger partial charge in [0, 0.05) is 24.6 Å². The van der Waals surface area contributed by atoms with Crippen LogP contribution in [0.15, 0.2) is 43.8 Å². The average molecular weight is 389 g/mol. The molecule has 27 heavy (non-hydrogen) atoms. The van der Waals surface area contributed by atoms with E-state index in [2.05, 4.69) is 20.6 Å². The predicted octanol–water partition coefficient (Wildman–Crippen LogP) is 0.528. The van der Waals surface area contributed by atoms with Gasteiger partial charge >= 0.3 is 5.69 Å². The van der Waals surface area contributed by atoms with E-state index in [-0.39, 0.29) is 19.0 Å². The summed E-state index contributed by atoms with van der Waals surface area (Å²) in [5, 5.41) is 7.27. The summed E-state index contributed by atoms with van der Waals surface area (Å²) in [7, 11) is 0. The van der Waals surface area contributed by atoms with Gasteiger partial charge in [-0.25, -0.2) is 9.78 Å². The van der Waals surface area contributed by atoms with Gasteiger partial charge in [0.15, 0.2) is 10.9 Å². The maximum absolute atomic E-state index is 12.1. The van der Waals surface area contributed by atoms with Crippen molar-refractivity contribution in [2.75, 3.05) is 5.32 Å². The lowest BCUT2D eigenvalue weighted by Gasteiger charge is -2.03. The maximum atomic E-state index is 12.1. The highest BCUT2D eigenvalue weighted by Crippen LogP contribution is 2.26. The van der Waals surface area contributed by atoms with E-state index in [0.717, 1.165) is 10.6 Å². The number of amides is 2. The van der Waals surface area contributed by atoms with Crippen molar-refractivity contribution in [1.82, 2.24) is 19.9 Å². The first-order valence-electron chi connectivity index (χ1n) is 7.79. The van der Waals surface area contributed by atoms with Gasteiger partial charge in [-0.15, -0.1) is 11.3 Å². The minimum atomic E-state index is -0.667. The van der Waals surface area contributed by atoms with E-state index in [1.54, 1.807) is 17.5 Å². The second-order valence-electron chi connectivity index (χ2n) is 5.50. The van der Waals surface area contributed by atoms with E-state index >= 15 is 0 Å². The number of rotatable bonds is 6. The molecule has 0 saturated heterocycles. The summed E-state index contributed by atoms with van der Waals surface area (Å²) in [6, 6.07) is 4.61. The Balaban J connectivity index is 1.63. The zero-order valence-electron chi connectivity index (χ0n) is 14.1. The molecule has 0 aliphatic rings. The number of furan rings is 1. The van der Waals surface area contributed by atoms with Crippen LogP contribution in [0.5, 0.6) is 0 Å². The summed E-state index contributed by atoms with van der Waals surface area (Å²) in [5.74, 6) is 0.462.